The SMILES string of the molecule is O=C(O)c1ccc(-c2ccc(F)cc2)cc1CCc1ccc(S(=O)(=O)Nc2ccc(C(F)(F)F)cc2)cc1. The molecule has 0 radical (unpaired) electrons. The Balaban J connectivity index is 1.47. The van der Waals surface area contributed by atoms with E-state index in [1.54, 1.807) is 36.4 Å². The van der Waals surface area contributed by atoms with Gasteiger partial charge in [-0.3, -0.25) is 4.72 Å². The summed E-state index contributed by atoms with van der Waals surface area (Å²) >= 11 is 0. The second-order valence-corrected chi connectivity index (χ2v) is 10.2. The van der Waals surface area contributed by atoms with Gasteiger partial charge in [-0.25, -0.2) is 17.6 Å². The van der Waals surface area contributed by atoms with Crippen molar-refractivity contribution in [2.75, 3.05) is 4.72 Å². The van der Waals surface area contributed by atoms with Crippen molar-refractivity contribution in [3.8, 4) is 11.1 Å². The first-order valence-corrected chi connectivity index (χ1v) is 12.8. The van der Waals surface area contributed by atoms with Crippen LogP contribution in [0.4, 0.5) is 23.2 Å². The minimum Gasteiger partial charge on any atom is -0.478 e. The minimum absolute atomic E-state index is 0.00990. The smallest absolute Gasteiger partial charge is 0.416 e. The van der Waals surface area contributed by atoms with Gasteiger partial charge < -0.3 is 5.11 Å². The third-order valence-electron chi connectivity index (χ3n) is 5.89. The lowest BCUT2D eigenvalue weighted by Crippen LogP contribution is -2.13. The van der Waals surface area contributed by atoms with E-state index in [0.29, 0.717) is 18.4 Å². The number of hydrogen-bond donors (Lipinski definition) is 2. The predicted octanol–water partition coefficient (Wildman–Crippen LogP) is 6.80. The topological polar surface area (TPSA) is 83.5 Å². The number of hydrogen-bond acceptors (Lipinski definition) is 3. The summed E-state index contributed by atoms with van der Waals surface area (Å²) in [6, 6.07) is 20.3. The molecule has 196 valence electrons. The van der Waals surface area contributed by atoms with Gasteiger partial charge >= 0.3 is 12.1 Å². The molecule has 0 heterocycles. The Bertz CT molecular complexity index is 1550. The standard InChI is InChI=1S/C28H21F4NO4S/c29-23-10-5-19(6-11-23)20-7-16-26(27(34)35)21(17-20)4-1-18-2-14-25(15-3-18)38(36,37)33-24-12-8-22(9-13-24)28(30,31)32/h2-3,5-17,33H,1,4H2,(H,34,35). The van der Waals surface area contributed by atoms with Crippen LogP contribution in [0.5, 0.6) is 0 Å². The Hall–Kier alpha value is -4.18. The van der Waals surface area contributed by atoms with E-state index in [-0.39, 0.29) is 22.0 Å². The highest BCUT2D eigenvalue weighted by molar-refractivity contribution is 7.92. The van der Waals surface area contributed by atoms with Gasteiger partial charge in [0.2, 0.25) is 0 Å². The average molecular weight is 544 g/mol. The first-order valence-electron chi connectivity index (χ1n) is 11.3. The quantitative estimate of drug-likeness (QED) is 0.240. The number of benzene rings is 4. The second kappa shape index (κ2) is 10.7. The molecule has 2 N–H and O–H groups in total. The van der Waals surface area contributed by atoms with Crippen molar-refractivity contribution in [2.45, 2.75) is 23.9 Å². The van der Waals surface area contributed by atoms with E-state index >= 15 is 0 Å². The number of carboxylic acids is 1. The summed E-state index contributed by atoms with van der Waals surface area (Å²) < 4.78 is 79.0. The van der Waals surface area contributed by atoms with Crippen LogP contribution in [-0.2, 0) is 29.0 Å². The summed E-state index contributed by atoms with van der Waals surface area (Å²) in [5.41, 5.74) is 2.03. The van der Waals surface area contributed by atoms with E-state index in [1.165, 1.54) is 30.3 Å². The fourth-order valence-electron chi connectivity index (χ4n) is 3.89. The molecule has 0 bridgehead atoms. The summed E-state index contributed by atoms with van der Waals surface area (Å²) in [7, 11) is -4.04. The highest BCUT2D eigenvalue weighted by Gasteiger charge is 2.30. The molecule has 0 atom stereocenters. The van der Waals surface area contributed by atoms with Gasteiger partial charge in [-0.1, -0.05) is 36.4 Å². The fourth-order valence-corrected chi connectivity index (χ4v) is 4.95. The van der Waals surface area contributed by atoms with Crippen LogP contribution in [0.2, 0.25) is 0 Å². The van der Waals surface area contributed by atoms with E-state index in [2.05, 4.69) is 4.72 Å². The van der Waals surface area contributed by atoms with Gasteiger partial charge in [-0.2, -0.15) is 13.2 Å². The maximum absolute atomic E-state index is 13.3. The normalized spacial score (nSPS) is 11.8. The van der Waals surface area contributed by atoms with Crippen molar-refractivity contribution >= 4 is 21.7 Å². The summed E-state index contributed by atoms with van der Waals surface area (Å²) in [5.74, 6) is -1.46. The lowest BCUT2D eigenvalue weighted by Gasteiger charge is -2.12. The van der Waals surface area contributed by atoms with Gasteiger partial charge in [-0.05, 0) is 89.7 Å². The maximum Gasteiger partial charge on any atom is 0.416 e. The van der Waals surface area contributed by atoms with Gasteiger partial charge in [0.25, 0.3) is 10.0 Å². The van der Waals surface area contributed by atoms with E-state index in [1.807, 2.05) is 0 Å². The molecule has 0 aliphatic carbocycles. The van der Waals surface area contributed by atoms with Crippen LogP contribution in [0, 0.1) is 5.82 Å². The molecule has 0 saturated carbocycles. The number of alkyl halides is 3. The van der Waals surface area contributed by atoms with Crippen molar-refractivity contribution < 1.29 is 35.9 Å². The molecule has 0 fully saturated rings. The van der Waals surface area contributed by atoms with Gasteiger partial charge in [0.05, 0.1) is 16.0 Å². The lowest BCUT2D eigenvalue weighted by atomic mass is 9.95. The molecule has 0 aliphatic heterocycles. The van der Waals surface area contributed by atoms with Crippen molar-refractivity contribution in [1.82, 2.24) is 0 Å². The number of sulfonamides is 1. The first kappa shape index (κ1) is 26.9. The van der Waals surface area contributed by atoms with Crippen LogP contribution < -0.4 is 4.72 Å². The molecule has 4 aromatic carbocycles. The molecule has 0 spiro atoms. The number of halogens is 4. The third-order valence-corrected chi connectivity index (χ3v) is 7.29. The van der Waals surface area contributed by atoms with E-state index < -0.39 is 27.7 Å². The number of carbonyl (C=O) groups is 1. The summed E-state index contributed by atoms with van der Waals surface area (Å²) in [4.78, 5) is 11.6. The van der Waals surface area contributed by atoms with Crippen LogP contribution in [-0.4, -0.2) is 19.5 Å². The van der Waals surface area contributed by atoms with Crippen LogP contribution >= 0.6 is 0 Å². The molecule has 0 saturated heterocycles. The molecule has 4 aromatic rings. The molecule has 0 aromatic heterocycles. The van der Waals surface area contributed by atoms with Crippen LogP contribution in [0.15, 0.2) is 95.9 Å². The zero-order valence-corrected chi connectivity index (χ0v) is 20.5. The summed E-state index contributed by atoms with van der Waals surface area (Å²) in [6.45, 7) is 0. The van der Waals surface area contributed by atoms with Gasteiger partial charge in [0.1, 0.15) is 5.82 Å². The van der Waals surface area contributed by atoms with Crippen molar-refractivity contribution in [3.63, 3.8) is 0 Å². The van der Waals surface area contributed by atoms with Gasteiger partial charge in [-0.15, -0.1) is 0 Å². The van der Waals surface area contributed by atoms with E-state index in [0.717, 1.165) is 41.0 Å². The predicted molar refractivity (Wildman–Crippen MR) is 135 cm³/mol. The van der Waals surface area contributed by atoms with Gasteiger partial charge in [0.15, 0.2) is 0 Å². The van der Waals surface area contributed by atoms with Crippen molar-refractivity contribution in [1.29, 1.82) is 0 Å². The van der Waals surface area contributed by atoms with E-state index in [4.69, 9.17) is 0 Å². The number of carboxylic acid groups (broad SMARTS) is 1. The Morgan fingerprint density at radius 3 is 1.97 bits per heavy atom. The van der Waals surface area contributed by atoms with Crippen LogP contribution in [0.1, 0.15) is 27.0 Å². The highest BCUT2D eigenvalue weighted by Crippen LogP contribution is 2.30. The fraction of sp³-hybridized carbons (Fsp3) is 0.107. The van der Waals surface area contributed by atoms with Crippen molar-refractivity contribution in [3.05, 3.63) is 119 Å². The molecule has 4 rings (SSSR count). The Morgan fingerprint density at radius 1 is 0.789 bits per heavy atom. The largest absolute Gasteiger partial charge is 0.478 e. The Morgan fingerprint density at radius 2 is 1.39 bits per heavy atom. The van der Waals surface area contributed by atoms with Crippen LogP contribution in [0.25, 0.3) is 11.1 Å². The molecule has 0 unspecified atom stereocenters. The number of rotatable bonds is 8. The zero-order valence-electron chi connectivity index (χ0n) is 19.7. The molecule has 38 heavy (non-hydrogen) atoms. The molecular weight excluding hydrogens is 522 g/mol. The Kier molecular flexibility index (Phi) is 7.54. The minimum atomic E-state index is -4.53. The maximum atomic E-state index is 13.3. The monoisotopic (exact) mass is 543 g/mol. The first-order chi connectivity index (χ1) is 17.9. The molecular formula is C28H21F4NO4S. The second-order valence-electron chi connectivity index (χ2n) is 8.51. The molecule has 0 aliphatic rings. The molecule has 5 nitrogen and oxygen atoms in total. The molecule has 0 amide bonds. The zero-order chi connectivity index (χ0) is 27.5. The van der Waals surface area contributed by atoms with Crippen molar-refractivity contribution in [2.24, 2.45) is 0 Å². The summed E-state index contributed by atoms with van der Waals surface area (Å²) in [5, 5.41) is 9.58. The third kappa shape index (κ3) is 6.38. The van der Waals surface area contributed by atoms with Gasteiger partial charge in [0, 0.05) is 5.69 Å². The number of nitrogens with one attached hydrogen (secondary N) is 1. The lowest BCUT2D eigenvalue weighted by molar-refractivity contribution is -0.137. The number of aryl methyl sites for hydroxylation is 2. The average Bonchev–Trinajstić information content (AvgIpc) is 2.87. The Labute approximate surface area is 216 Å². The number of aromatic carboxylic acids is 1. The van der Waals surface area contributed by atoms with Crippen LogP contribution in [0.3, 0.4) is 0 Å². The molecule has 10 heteroatoms. The summed E-state index contributed by atoms with van der Waals surface area (Å²) in [6.07, 6.45) is -3.76. The van der Waals surface area contributed by atoms with E-state index in [9.17, 15) is 35.9 Å². The highest BCUT2D eigenvalue weighted by atomic mass is 32.2. The number of anilines is 1.